The molecule has 2 amide bonds. The second kappa shape index (κ2) is 11.2. The normalized spacial score (nSPS) is 13.6. The molecule has 2 N–H and O–H groups in total. The van der Waals surface area contributed by atoms with Gasteiger partial charge < -0.3 is 15.3 Å². The molecule has 0 bridgehead atoms. The molecule has 0 aliphatic carbocycles. The third kappa shape index (κ3) is 6.26. The fraction of sp³-hybridized carbons (Fsp3) is 0.318. The molecule has 2 aromatic rings. The highest BCUT2D eigenvalue weighted by atomic mass is 35.5. The molecule has 0 unspecified atom stereocenters. The lowest BCUT2D eigenvalue weighted by atomic mass is 10.1. The van der Waals surface area contributed by atoms with Gasteiger partial charge in [-0.1, -0.05) is 53.5 Å². The van der Waals surface area contributed by atoms with Crippen LogP contribution in [0.25, 0.3) is 0 Å². The van der Waals surface area contributed by atoms with Gasteiger partial charge in [-0.2, -0.15) is 0 Å². The zero-order chi connectivity index (χ0) is 24.9. The summed E-state index contributed by atoms with van der Waals surface area (Å²) in [4.78, 5) is 30.6. The molecule has 0 spiro atoms. The fourth-order valence-corrected chi connectivity index (χ4v) is 5.84. The molecule has 0 saturated heterocycles. The molecule has 1 aliphatic heterocycles. The van der Waals surface area contributed by atoms with E-state index in [-0.39, 0.29) is 33.8 Å². The van der Waals surface area contributed by atoms with Crippen molar-refractivity contribution in [2.45, 2.75) is 17.9 Å². The van der Waals surface area contributed by atoms with E-state index in [1.54, 1.807) is 25.2 Å². The van der Waals surface area contributed by atoms with Gasteiger partial charge in [-0.25, -0.2) is 13.2 Å². The Morgan fingerprint density at radius 3 is 2.41 bits per heavy atom. The standard InChI is InChI=1S/C22H24Cl2N4O5S/c1-27(13-15-5-7-16(8-6-15)21-26-11-12-28(21)22(30)31)19(29)9-10-25-14-34(32,33)20-17(23)3-2-4-18(20)24/h2-8,25H,9-14H2,1H3,(H,30,31). The summed E-state index contributed by atoms with van der Waals surface area (Å²) in [6.07, 6.45) is -0.938. The summed E-state index contributed by atoms with van der Waals surface area (Å²) < 4.78 is 25.0. The summed E-state index contributed by atoms with van der Waals surface area (Å²) in [6.45, 7) is 1.28. The minimum Gasteiger partial charge on any atom is -0.465 e. The predicted octanol–water partition coefficient (Wildman–Crippen LogP) is 3.10. The fourth-order valence-electron chi connectivity index (χ4n) is 3.45. The van der Waals surface area contributed by atoms with Gasteiger partial charge in [0, 0.05) is 32.1 Å². The number of carboxylic acid groups (broad SMARTS) is 1. The van der Waals surface area contributed by atoms with E-state index in [1.807, 2.05) is 12.1 Å². The number of aliphatic imine (C=N–C) groups is 1. The monoisotopic (exact) mass is 526 g/mol. The molecule has 0 radical (unpaired) electrons. The quantitative estimate of drug-likeness (QED) is 0.484. The molecule has 0 aromatic heterocycles. The van der Waals surface area contributed by atoms with E-state index >= 15 is 0 Å². The van der Waals surface area contributed by atoms with Crippen LogP contribution in [0.3, 0.4) is 0 Å². The van der Waals surface area contributed by atoms with Crippen LogP contribution in [0.5, 0.6) is 0 Å². The number of sulfone groups is 1. The summed E-state index contributed by atoms with van der Waals surface area (Å²) in [5.41, 5.74) is 1.56. The van der Waals surface area contributed by atoms with Gasteiger partial charge in [0.15, 0.2) is 9.84 Å². The number of hydrogen-bond donors (Lipinski definition) is 2. The molecular formula is C22H24Cl2N4O5S. The van der Waals surface area contributed by atoms with Gasteiger partial charge in [0.1, 0.15) is 16.6 Å². The minimum absolute atomic E-state index is 0.0480. The average Bonchev–Trinajstić information content (AvgIpc) is 3.27. The van der Waals surface area contributed by atoms with Crippen LogP contribution in [-0.2, 0) is 21.2 Å². The molecule has 34 heavy (non-hydrogen) atoms. The van der Waals surface area contributed by atoms with Crippen molar-refractivity contribution in [3.8, 4) is 0 Å². The van der Waals surface area contributed by atoms with E-state index in [2.05, 4.69) is 10.3 Å². The number of carbonyl (C=O) groups excluding carboxylic acids is 1. The van der Waals surface area contributed by atoms with E-state index in [0.717, 1.165) is 5.56 Å². The van der Waals surface area contributed by atoms with E-state index in [1.165, 1.54) is 21.9 Å². The Hall–Kier alpha value is -2.66. The molecule has 9 nitrogen and oxygen atoms in total. The van der Waals surface area contributed by atoms with Gasteiger partial charge in [0.2, 0.25) is 5.91 Å². The number of hydrogen-bond acceptors (Lipinski definition) is 6. The van der Waals surface area contributed by atoms with Gasteiger partial charge in [-0.05, 0) is 17.7 Å². The number of carbonyl (C=O) groups is 2. The molecule has 12 heteroatoms. The van der Waals surface area contributed by atoms with Gasteiger partial charge in [0.25, 0.3) is 0 Å². The van der Waals surface area contributed by atoms with Crippen molar-refractivity contribution in [2.75, 3.05) is 32.6 Å². The van der Waals surface area contributed by atoms with Crippen LogP contribution in [-0.4, -0.2) is 73.7 Å². The first-order valence-electron chi connectivity index (χ1n) is 10.4. The Bertz CT molecular complexity index is 1180. The van der Waals surface area contributed by atoms with Crippen LogP contribution in [0.4, 0.5) is 4.79 Å². The number of amides is 2. The number of rotatable bonds is 9. The lowest BCUT2D eigenvalue weighted by molar-refractivity contribution is -0.130. The Kier molecular flexibility index (Phi) is 8.53. The predicted molar refractivity (Wildman–Crippen MR) is 130 cm³/mol. The zero-order valence-corrected chi connectivity index (χ0v) is 20.7. The minimum atomic E-state index is -3.76. The third-order valence-corrected chi connectivity index (χ3v) is 7.67. The van der Waals surface area contributed by atoms with Crippen LogP contribution in [0.2, 0.25) is 10.0 Å². The summed E-state index contributed by atoms with van der Waals surface area (Å²) in [7, 11) is -2.10. The van der Waals surface area contributed by atoms with E-state index in [9.17, 15) is 23.1 Å². The van der Waals surface area contributed by atoms with Crippen molar-refractivity contribution in [1.82, 2.24) is 15.1 Å². The topological polar surface area (TPSA) is 119 Å². The van der Waals surface area contributed by atoms with Gasteiger partial charge in [0.05, 0.1) is 23.1 Å². The van der Waals surface area contributed by atoms with Crippen molar-refractivity contribution in [3.63, 3.8) is 0 Å². The molecule has 0 fully saturated rings. The highest BCUT2D eigenvalue weighted by Crippen LogP contribution is 2.29. The largest absolute Gasteiger partial charge is 0.465 e. The Labute approximate surface area is 207 Å². The van der Waals surface area contributed by atoms with Gasteiger partial charge >= 0.3 is 6.09 Å². The van der Waals surface area contributed by atoms with Crippen LogP contribution >= 0.6 is 23.2 Å². The van der Waals surface area contributed by atoms with Crippen molar-refractivity contribution in [3.05, 3.63) is 63.6 Å². The van der Waals surface area contributed by atoms with Crippen molar-refractivity contribution >= 4 is 50.9 Å². The summed E-state index contributed by atoms with van der Waals surface area (Å²) in [5, 5.41) is 12.1. The molecule has 1 aliphatic rings. The second-order valence-corrected chi connectivity index (χ2v) is 10.4. The number of nitrogens with one attached hydrogen (secondary N) is 1. The number of nitrogens with zero attached hydrogens (tertiary/aromatic N) is 3. The third-order valence-electron chi connectivity index (χ3n) is 5.17. The second-order valence-electron chi connectivity index (χ2n) is 7.65. The summed E-state index contributed by atoms with van der Waals surface area (Å²) >= 11 is 12.0. The van der Waals surface area contributed by atoms with E-state index < -0.39 is 21.8 Å². The maximum atomic E-state index is 12.5. The SMILES string of the molecule is CN(Cc1ccc(C2=NCCN2C(=O)O)cc1)C(=O)CCNCS(=O)(=O)c1c(Cl)cccc1Cl. The van der Waals surface area contributed by atoms with Crippen molar-refractivity contribution in [2.24, 2.45) is 4.99 Å². The first-order valence-corrected chi connectivity index (χ1v) is 12.8. The molecule has 3 rings (SSSR count). The van der Waals surface area contributed by atoms with Crippen LogP contribution < -0.4 is 5.32 Å². The number of halogens is 2. The lowest BCUT2D eigenvalue weighted by Crippen LogP contribution is -2.33. The van der Waals surface area contributed by atoms with E-state index in [0.29, 0.717) is 31.0 Å². The number of benzene rings is 2. The lowest BCUT2D eigenvalue weighted by Gasteiger charge is -2.18. The van der Waals surface area contributed by atoms with Crippen LogP contribution in [0, 0.1) is 0 Å². The van der Waals surface area contributed by atoms with Gasteiger partial charge in [-0.15, -0.1) is 0 Å². The maximum absolute atomic E-state index is 12.5. The van der Waals surface area contributed by atoms with Gasteiger partial charge in [-0.3, -0.25) is 14.7 Å². The number of amidine groups is 1. The van der Waals surface area contributed by atoms with Crippen LogP contribution in [0.1, 0.15) is 17.5 Å². The smallest absolute Gasteiger partial charge is 0.413 e. The van der Waals surface area contributed by atoms with Crippen molar-refractivity contribution in [1.29, 1.82) is 0 Å². The zero-order valence-electron chi connectivity index (χ0n) is 18.4. The average molecular weight is 527 g/mol. The summed E-state index contributed by atoms with van der Waals surface area (Å²) in [5.74, 6) is -0.142. The Balaban J connectivity index is 1.48. The Morgan fingerprint density at radius 2 is 1.79 bits per heavy atom. The van der Waals surface area contributed by atoms with Crippen LogP contribution in [0.15, 0.2) is 52.4 Å². The Morgan fingerprint density at radius 1 is 1.15 bits per heavy atom. The first-order chi connectivity index (χ1) is 16.1. The highest BCUT2D eigenvalue weighted by molar-refractivity contribution is 7.91. The molecule has 2 aromatic carbocycles. The maximum Gasteiger partial charge on any atom is 0.413 e. The molecular weight excluding hydrogens is 503 g/mol. The van der Waals surface area contributed by atoms with E-state index in [4.69, 9.17) is 23.2 Å². The van der Waals surface area contributed by atoms with Crippen molar-refractivity contribution < 1.29 is 23.1 Å². The molecule has 182 valence electrons. The molecule has 1 heterocycles. The molecule has 0 saturated carbocycles. The summed E-state index contributed by atoms with van der Waals surface area (Å²) in [6, 6.07) is 11.7. The highest BCUT2D eigenvalue weighted by Gasteiger charge is 2.24. The first kappa shape index (κ1) is 26.0. The molecule has 0 atom stereocenters.